The Morgan fingerprint density at radius 3 is 2.80 bits per heavy atom. The highest BCUT2D eigenvalue weighted by Gasteiger charge is 2.05. The highest BCUT2D eigenvalue weighted by Crippen LogP contribution is 2.09. The van der Waals surface area contributed by atoms with Crippen molar-refractivity contribution in [2.75, 3.05) is 0 Å². The minimum Gasteiger partial charge on any atom is -0.505 e. The molecule has 0 amide bonds. The van der Waals surface area contributed by atoms with Crippen molar-refractivity contribution in [2.45, 2.75) is 19.9 Å². The average Bonchev–Trinajstić information content (AvgIpc) is 2.75. The Morgan fingerprint density at radius 1 is 1.47 bits per heavy atom. The molecule has 2 aromatic rings. The van der Waals surface area contributed by atoms with Crippen molar-refractivity contribution >= 4 is 0 Å². The Bertz CT molecular complexity index is 458. The van der Waals surface area contributed by atoms with E-state index in [2.05, 4.69) is 23.2 Å². The molecule has 1 N–H and O–H groups in total. The smallest absolute Gasteiger partial charge is 0.153 e. The van der Waals surface area contributed by atoms with E-state index in [0.717, 1.165) is 17.8 Å². The lowest BCUT2D eigenvalue weighted by molar-refractivity contribution is 0.474. The van der Waals surface area contributed by atoms with Gasteiger partial charge in [-0.1, -0.05) is 6.92 Å². The summed E-state index contributed by atoms with van der Waals surface area (Å²) in [6.07, 6.45) is 3.95. The standard InChI is InChI=1S/C10H14N4O/c1-3-8-4-9(13(2)12-8)6-14-7-10(15)5-11-14/h4-5,7,15H,3,6H2,1-2H3. The number of aryl methyl sites for hydroxylation is 2. The minimum absolute atomic E-state index is 0.188. The lowest BCUT2D eigenvalue weighted by Gasteiger charge is -2.00. The van der Waals surface area contributed by atoms with Crippen LogP contribution in [-0.4, -0.2) is 24.7 Å². The van der Waals surface area contributed by atoms with E-state index in [0.29, 0.717) is 6.54 Å². The molecular weight excluding hydrogens is 192 g/mol. The van der Waals surface area contributed by atoms with E-state index in [-0.39, 0.29) is 5.75 Å². The summed E-state index contributed by atoms with van der Waals surface area (Å²) in [5, 5.41) is 17.5. The molecule has 0 aliphatic heterocycles. The summed E-state index contributed by atoms with van der Waals surface area (Å²) < 4.78 is 3.53. The molecule has 0 bridgehead atoms. The van der Waals surface area contributed by atoms with Gasteiger partial charge in [-0.05, 0) is 12.5 Å². The van der Waals surface area contributed by atoms with Crippen LogP contribution in [-0.2, 0) is 20.0 Å². The first kappa shape index (κ1) is 9.76. The fourth-order valence-electron chi connectivity index (χ4n) is 1.50. The van der Waals surface area contributed by atoms with Gasteiger partial charge in [0.05, 0.1) is 30.3 Å². The summed E-state index contributed by atoms with van der Waals surface area (Å²) in [6, 6.07) is 2.05. The monoisotopic (exact) mass is 206 g/mol. The SMILES string of the molecule is CCc1cc(Cn2cc(O)cn2)n(C)n1. The van der Waals surface area contributed by atoms with Gasteiger partial charge in [-0.25, -0.2) is 0 Å². The molecule has 5 nitrogen and oxygen atoms in total. The van der Waals surface area contributed by atoms with E-state index in [9.17, 15) is 0 Å². The van der Waals surface area contributed by atoms with Gasteiger partial charge in [-0.15, -0.1) is 0 Å². The maximum Gasteiger partial charge on any atom is 0.153 e. The molecule has 0 aromatic carbocycles. The van der Waals surface area contributed by atoms with Crippen LogP contribution in [0.2, 0.25) is 0 Å². The molecule has 0 atom stereocenters. The maximum absolute atomic E-state index is 9.15. The molecule has 0 aliphatic rings. The maximum atomic E-state index is 9.15. The summed E-state index contributed by atoms with van der Waals surface area (Å²) in [5.41, 5.74) is 2.15. The zero-order chi connectivity index (χ0) is 10.8. The third-order valence-corrected chi connectivity index (χ3v) is 2.33. The lowest BCUT2D eigenvalue weighted by Crippen LogP contribution is -2.05. The van der Waals surface area contributed by atoms with Crippen molar-refractivity contribution in [3.05, 3.63) is 29.8 Å². The second-order valence-electron chi connectivity index (χ2n) is 3.50. The Labute approximate surface area is 88.0 Å². The van der Waals surface area contributed by atoms with Crippen molar-refractivity contribution in [1.82, 2.24) is 19.6 Å². The first-order valence-electron chi connectivity index (χ1n) is 4.92. The van der Waals surface area contributed by atoms with Gasteiger partial charge in [0.25, 0.3) is 0 Å². The fraction of sp³-hybridized carbons (Fsp3) is 0.400. The van der Waals surface area contributed by atoms with E-state index in [4.69, 9.17) is 5.11 Å². The van der Waals surface area contributed by atoms with Gasteiger partial charge in [0.1, 0.15) is 0 Å². The first-order chi connectivity index (χ1) is 7.19. The highest BCUT2D eigenvalue weighted by atomic mass is 16.3. The van der Waals surface area contributed by atoms with Gasteiger partial charge in [-0.3, -0.25) is 9.36 Å². The van der Waals surface area contributed by atoms with Crippen LogP contribution in [0.5, 0.6) is 5.75 Å². The summed E-state index contributed by atoms with van der Waals surface area (Å²) in [6.45, 7) is 2.70. The summed E-state index contributed by atoms with van der Waals surface area (Å²) in [7, 11) is 1.91. The second kappa shape index (κ2) is 3.76. The molecule has 0 saturated heterocycles. The third kappa shape index (κ3) is 2.01. The average molecular weight is 206 g/mol. The zero-order valence-electron chi connectivity index (χ0n) is 8.88. The van der Waals surface area contributed by atoms with Crippen molar-refractivity contribution in [1.29, 1.82) is 0 Å². The Morgan fingerprint density at radius 2 is 2.27 bits per heavy atom. The van der Waals surface area contributed by atoms with E-state index in [1.165, 1.54) is 6.20 Å². The van der Waals surface area contributed by atoms with Crippen LogP contribution < -0.4 is 0 Å². The van der Waals surface area contributed by atoms with Crippen molar-refractivity contribution < 1.29 is 5.11 Å². The van der Waals surface area contributed by atoms with Crippen molar-refractivity contribution in [2.24, 2.45) is 7.05 Å². The second-order valence-corrected chi connectivity index (χ2v) is 3.50. The number of hydrogen-bond acceptors (Lipinski definition) is 3. The van der Waals surface area contributed by atoms with Gasteiger partial charge < -0.3 is 5.11 Å². The number of aromatic hydroxyl groups is 1. The minimum atomic E-state index is 0.188. The molecule has 80 valence electrons. The van der Waals surface area contributed by atoms with Gasteiger partial charge in [0.15, 0.2) is 5.75 Å². The third-order valence-electron chi connectivity index (χ3n) is 2.33. The van der Waals surface area contributed by atoms with Crippen LogP contribution in [0.4, 0.5) is 0 Å². The molecule has 2 rings (SSSR count). The van der Waals surface area contributed by atoms with E-state index in [1.54, 1.807) is 10.9 Å². The van der Waals surface area contributed by atoms with Crippen molar-refractivity contribution in [3.63, 3.8) is 0 Å². The Kier molecular flexibility index (Phi) is 2.45. The molecule has 0 unspecified atom stereocenters. The predicted octanol–water partition coefficient (Wildman–Crippen LogP) is 0.933. The zero-order valence-corrected chi connectivity index (χ0v) is 8.88. The molecule has 15 heavy (non-hydrogen) atoms. The van der Waals surface area contributed by atoms with Crippen molar-refractivity contribution in [3.8, 4) is 5.75 Å². The molecule has 0 saturated carbocycles. The Balaban J connectivity index is 2.20. The summed E-state index contributed by atoms with van der Waals surface area (Å²) in [4.78, 5) is 0. The number of nitrogens with zero attached hydrogens (tertiary/aromatic N) is 4. The molecule has 0 aliphatic carbocycles. The number of aromatic nitrogens is 4. The highest BCUT2D eigenvalue weighted by molar-refractivity contribution is 5.13. The van der Waals surface area contributed by atoms with Crippen LogP contribution in [0.3, 0.4) is 0 Å². The largest absolute Gasteiger partial charge is 0.505 e. The molecule has 0 fully saturated rings. The van der Waals surface area contributed by atoms with Crippen LogP contribution in [0.15, 0.2) is 18.5 Å². The van der Waals surface area contributed by atoms with Crippen LogP contribution in [0.25, 0.3) is 0 Å². The van der Waals surface area contributed by atoms with Crippen LogP contribution >= 0.6 is 0 Å². The van der Waals surface area contributed by atoms with E-state index in [1.807, 2.05) is 11.7 Å². The van der Waals surface area contributed by atoms with E-state index < -0.39 is 0 Å². The predicted molar refractivity (Wildman–Crippen MR) is 55.6 cm³/mol. The van der Waals surface area contributed by atoms with Gasteiger partial charge in [-0.2, -0.15) is 10.2 Å². The number of rotatable bonds is 3. The molecular formula is C10H14N4O. The molecule has 2 aromatic heterocycles. The molecule has 0 radical (unpaired) electrons. The molecule has 0 spiro atoms. The fourth-order valence-corrected chi connectivity index (χ4v) is 1.50. The quantitative estimate of drug-likeness (QED) is 0.812. The van der Waals surface area contributed by atoms with Crippen LogP contribution in [0.1, 0.15) is 18.3 Å². The molecule has 2 heterocycles. The summed E-state index contributed by atoms with van der Waals surface area (Å²) >= 11 is 0. The van der Waals surface area contributed by atoms with Gasteiger partial charge >= 0.3 is 0 Å². The number of hydrogen-bond donors (Lipinski definition) is 1. The van der Waals surface area contributed by atoms with Gasteiger partial charge in [0.2, 0.25) is 0 Å². The topological polar surface area (TPSA) is 55.9 Å². The molecule has 5 heteroatoms. The normalized spacial score (nSPS) is 10.8. The van der Waals surface area contributed by atoms with Crippen LogP contribution in [0, 0.1) is 0 Å². The summed E-state index contributed by atoms with van der Waals surface area (Å²) in [5.74, 6) is 0.188. The first-order valence-corrected chi connectivity index (χ1v) is 4.92. The van der Waals surface area contributed by atoms with Gasteiger partial charge in [0, 0.05) is 7.05 Å². The Hall–Kier alpha value is -1.78. The lowest BCUT2D eigenvalue weighted by atomic mass is 10.3. The van der Waals surface area contributed by atoms with E-state index >= 15 is 0 Å².